The molecule has 3 amide bonds. The summed E-state index contributed by atoms with van der Waals surface area (Å²) in [7, 11) is 0. The van der Waals surface area contributed by atoms with Crippen LogP contribution in [0, 0.1) is 30.5 Å². The number of amides is 3. The number of aryl methyl sites for hydroxylation is 1. The van der Waals surface area contributed by atoms with Gasteiger partial charge >= 0.3 is 5.97 Å². The highest BCUT2D eigenvalue weighted by atomic mass is 19.1. The van der Waals surface area contributed by atoms with Crippen molar-refractivity contribution in [3.63, 3.8) is 0 Å². The summed E-state index contributed by atoms with van der Waals surface area (Å²) in [4.78, 5) is 64.7. The van der Waals surface area contributed by atoms with Crippen molar-refractivity contribution in [2.45, 2.75) is 65.0 Å². The number of cyclic esters (lactones) is 1. The van der Waals surface area contributed by atoms with E-state index in [1.807, 2.05) is 0 Å². The maximum absolute atomic E-state index is 13.8. The SMILES string of the molecule is Cc1cc(C(=O)N[C@H](C(=O)C[C@@H](Cc2ccc(F)cc2)C(=O)N[C@H](C=C2CCOC2=O)C[C@@H]2CCNC2=O)C(C)C)no1. The molecule has 0 saturated carbocycles. The largest absolute Gasteiger partial charge is 0.462 e. The van der Waals surface area contributed by atoms with Crippen LogP contribution in [0.15, 0.2) is 46.5 Å². The highest BCUT2D eigenvalue weighted by Crippen LogP contribution is 2.23. The predicted octanol–water partition coefficient (Wildman–Crippen LogP) is 2.58. The number of halogens is 1. The van der Waals surface area contributed by atoms with Crippen molar-refractivity contribution in [2.24, 2.45) is 17.8 Å². The second-order valence-corrected chi connectivity index (χ2v) is 11.4. The Kier molecular flexibility index (Phi) is 10.4. The van der Waals surface area contributed by atoms with Crippen molar-refractivity contribution >= 4 is 29.5 Å². The molecule has 12 heteroatoms. The van der Waals surface area contributed by atoms with E-state index in [2.05, 4.69) is 21.1 Å². The Labute approximate surface area is 249 Å². The first-order valence-corrected chi connectivity index (χ1v) is 14.5. The molecule has 0 spiro atoms. The molecule has 1 aromatic heterocycles. The van der Waals surface area contributed by atoms with Crippen LogP contribution in [0.4, 0.5) is 4.39 Å². The summed E-state index contributed by atoms with van der Waals surface area (Å²) in [6.07, 6.45) is 2.78. The summed E-state index contributed by atoms with van der Waals surface area (Å²) >= 11 is 0. The lowest BCUT2D eigenvalue weighted by molar-refractivity contribution is -0.135. The second kappa shape index (κ2) is 14.2. The third-order valence-electron chi connectivity index (χ3n) is 7.67. The van der Waals surface area contributed by atoms with Crippen molar-refractivity contribution in [1.29, 1.82) is 0 Å². The van der Waals surface area contributed by atoms with Crippen LogP contribution in [0.5, 0.6) is 0 Å². The molecule has 4 rings (SSSR count). The number of hydrogen-bond acceptors (Lipinski definition) is 8. The normalized spacial score (nSPS) is 19.6. The zero-order chi connectivity index (χ0) is 31.1. The van der Waals surface area contributed by atoms with Gasteiger partial charge in [-0.3, -0.25) is 19.2 Å². The Hall–Kier alpha value is -4.35. The molecule has 2 aromatic rings. The molecule has 11 nitrogen and oxygen atoms in total. The molecule has 3 heterocycles. The zero-order valence-corrected chi connectivity index (χ0v) is 24.5. The standard InChI is InChI=1S/C31H37FN4O7/c1-17(2)27(35-30(40)25-12-18(3)43-36-25)26(37)16-22(13-19-4-6-23(32)7-5-19)29(39)34-24(14-20-8-10-33-28(20)38)15-21-9-11-42-31(21)41/h4-7,12,15,17,20,22,24,27H,8-11,13-14,16H2,1-3H3,(H,33,38)(H,34,39)(H,35,40)/t20-,22+,24-,27-/m0/s1. The molecule has 3 N–H and O–H groups in total. The van der Waals surface area contributed by atoms with Gasteiger partial charge in [0.05, 0.1) is 12.6 Å². The number of nitrogens with one attached hydrogen (secondary N) is 3. The molecule has 0 aliphatic carbocycles. The van der Waals surface area contributed by atoms with Gasteiger partial charge in [-0.05, 0) is 49.8 Å². The number of rotatable bonds is 13. The minimum Gasteiger partial charge on any atom is -0.462 e. The van der Waals surface area contributed by atoms with Crippen LogP contribution in [0.1, 0.15) is 61.3 Å². The lowest BCUT2D eigenvalue weighted by Crippen LogP contribution is -2.47. The van der Waals surface area contributed by atoms with E-state index >= 15 is 0 Å². The number of nitrogens with zero attached hydrogens (tertiary/aromatic N) is 1. The fraction of sp³-hybridized carbons (Fsp3) is 0.484. The number of ketones is 1. The van der Waals surface area contributed by atoms with Gasteiger partial charge in [-0.25, -0.2) is 9.18 Å². The summed E-state index contributed by atoms with van der Waals surface area (Å²) in [5.74, 6) is -3.53. The van der Waals surface area contributed by atoms with Crippen molar-refractivity contribution in [3.8, 4) is 0 Å². The van der Waals surface area contributed by atoms with Crippen molar-refractivity contribution in [3.05, 3.63) is 64.8 Å². The van der Waals surface area contributed by atoms with Crippen LogP contribution in [0.25, 0.3) is 0 Å². The average molecular weight is 597 g/mol. The number of aromatic nitrogens is 1. The van der Waals surface area contributed by atoms with E-state index in [4.69, 9.17) is 9.26 Å². The van der Waals surface area contributed by atoms with Gasteiger partial charge < -0.3 is 25.2 Å². The van der Waals surface area contributed by atoms with Gasteiger partial charge in [0.2, 0.25) is 11.8 Å². The first-order chi connectivity index (χ1) is 20.5. The van der Waals surface area contributed by atoms with Gasteiger partial charge in [-0.15, -0.1) is 0 Å². The van der Waals surface area contributed by atoms with Gasteiger partial charge in [0, 0.05) is 48.9 Å². The topological polar surface area (TPSA) is 157 Å². The zero-order valence-electron chi connectivity index (χ0n) is 24.5. The first-order valence-electron chi connectivity index (χ1n) is 14.5. The van der Waals surface area contributed by atoms with Crippen LogP contribution < -0.4 is 16.0 Å². The average Bonchev–Trinajstić information content (AvgIpc) is 3.69. The van der Waals surface area contributed by atoms with E-state index in [1.165, 1.54) is 18.2 Å². The summed E-state index contributed by atoms with van der Waals surface area (Å²) in [5.41, 5.74) is 1.09. The minimum atomic E-state index is -0.915. The van der Waals surface area contributed by atoms with Crippen molar-refractivity contribution in [2.75, 3.05) is 13.2 Å². The molecule has 0 bridgehead atoms. The number of carbonyl (C=O) groups is 5. The highest BCUT2D eigenvalue weighted by molar-refractivity contribution is 5.98. The van der Waals surface area contributed by atoms with Gasteiger partial charge in [0.25, 0.3) is 5.91 Å². The second-order valence-electron chi connectivity index (χ2n) is 11.4. The summed E-state index contributed by atoms with van der Waals surface area (Å²) < 4.78 is 23.6. The first kappa shape index (κ1) is 31.6. The van der Waals surface area contributed by atoms with Gasteiger partial charge in [0.15, 0.2) is 11.5 Å². The minimum absolute atomic E-state index is 0.0359. The lowest BCUT2D eigenvalue weighted by atomic mass is 9.87. The predicted molar refractivity (Wildman–Crippen MR) is 152 cm³/mol. The molecular weight excluding hydrogens is 559 g/mol. The van der Waals surface area contributed by atoms with Crippen LogP contribution in [0.2, 0.25) is 0 Å². The maximum atomic E-state index is 13.8. The number of hydrogen-bond donors (Lipinski definition) is 3. The van der Waals surface area contributed by atoms with E-state index in [0.29, 0.717) is 36.3 Å². The number of ether oxygens (including phenoxy) is 1. The van der Waals surface area contributed by atoms with Gasteiger partial charge in [-0.2, -0.15) is 0 Å². The number of Topliss-reactive ketones (excluding diaryl/α,β-unsaturated/α-hetero) is 1. The third-order valence-corrected chi connectivity index (χ3v) is 7.67. The number of carbonyl (C=O) groups excluding carboxylic acids is 5. The molecule has 0 unspecified atom stereocenters. The van der Waals surface area contributed by atoms with Crippen LogP contribution in [-0.4, -0.2) is 59.9 Å². The molecule has 0 radical (unpaired) electrons. The van der Waals surface area contributed by atoms with E-state index in [-0.39, 0.29) is 55.1 Å². The quantitative estimate of drug-likeness (QED) is 0.235. The Morgan fingerprint density at radius 2 is 1.91 bits per heavy atom. The molecule has 4 atom stereocenters. The third kappa shape index (κ3) is 8.59. The summed E-state index contributed by atoms with van der Waals surface area (Å²) in [6.45, 7) is 5.97. The molecule has 43 heavy (non-hydrogen) atoms. The fourth-order valence-electron chi connectivity index (χ4n) is 5.33. The molecular formula is C31H37FN4O7. The van der Waals surface area contributed by atoms with E-state index in [1.54, 1.807) is 39.0 Å². The fourth-order valence-corrected chi connectivity index (χ4v) is 5.33. The van der Waals surface area contributed by atoms with E-state index in [0.717, 1.165) is 0 Å². The summed E-state index contributed by atoms with van der Waals surface area (Å²) in [5, 5.41) is 12.1. The highest BCUT2D eigenvalue weighted by Gasteiger charge is 2.33. The monoisotopic (exact) mass is 596 g/mol. The molecule has 230 valence electrons. The van der Waals surface area contributed by atoms with Crippen molar-refractivity contribution in [1.82, 2.24) is 21.1 Å². The Morgan fingerprint density at radius 1 is 1.16 bits per heavy atom. The van der Waals surface area contributed by atoms with Crippen LogP contribution >= 0.6 is 0 Å². The van der Waals surface area contributed by atoms with Crippen molar-refractivity contribution < 1.29 is 37.6 Å². The van der Waals surface area contributed by atoms with Crippen LogP contribution in [0.3, 0.4) is 0 Å². The molecule has 2 fully saturated rings. The molecule has 2 saturated heterocycles. The van der Waals surface area contributed by atoms with Crippen LogP contribution in [-0.2, 0) is 30.3 Å². The van der Waals surface area contributed by atoms with Gasteiger partial charge in [-0.1, -0.05) is 37.2 Å². The lowest BCUT2D eigenvalue weighted by Gasteiger charge is -2.25. The molecule has 1 aromatic carbocycles. The Bertz CT molecular complexity index is 1380. The maximum Gasteiger partial charge on any atom is 0.333 e. The van der Waals surface area contributed by atoms with Gasteiger partial charge in [0.1, 0.15) is 11.6 Å². The molecule has 2 aliphatic heterocycles. The van der Waals surface area contributed by atoms with E-state index < -0.39 is 41.6 Å². The molecule has 2 aliphatic rings. The smallest absolute Gasteiger partial charge is 0.333 e. The summed E-state index contributed by atoms with van der Waals surface area (Å²) in [6, 6.07) is 5.53. The Balaban J connectivity index is 1.55. The Morgan fingerprint density at radius 3 is 2.49 bits per heavy atom. The van der Waals surface area contributed by atoms with E-state index in [9.17, 15) is 28.4 Å². The number of esters is 1. The number of benzene rings is 1.